The number of aliphatic carboxylic acids is 1. The number of carbonyl (C=O) groups is 1. The first-order chi connectivity index (χ1) is 5.93. The van der Waals surface area contributed by atoms with Crippen LogP contribution in [0.3, 0.4) is 0 Å². The van der Waals surface area contributed by atoms with Gasteiger partial charge in [0.05, 0.1) is 6.54 Å². The van der Waals surface area contributed by atoms with Crippen molar-refractivity contribution in [2.75, 3.05) is 0 Å². The zero-order valence-electron chi connectivity index (χ0n) is 7.07. The molecule has 0 aliphatic rings. The third-order valence-electron chi connectivity index (χ3n) is 1.71. The minimum Gasteiger partial charge on any atom is -0.479 e. The van der Waals surface area contributed by atoms with Gasteiger partial charge >= 0.3 is 5.97 Å². The first-order valence-electron chi connectivity index (χ1n) is 3.70. The van der Waals surface area contributed by atoms with Crippen molar-refractivity contribution < 1.29 is 15.0 Å². The summed E-state index contributed by atoms with van der Waals surface area (Å²) in [6, 6.07) is 3.31. The number of carboxylic acids is 1. The number of carboxylic acid groups (broad SMARTS) is 1. The minimum atomic E-state index is -1.79. The fourth-order valence-corrected chi connectivity index (χ4v) is 1.11. The van der Waals surface area contributed by atoms with Gasteiger partial charge in [0.2, 0.25) is 0 Å². The zero-order chi connectivity index (χ0) is 10.1. The van der Waals surface area contributed by atoms with Crippen LogP contribution in [-0.2, 0) is 11.3 Å². The van der Waals surface area contributed by atoms with Gasteiger partial charge in [-0.3, -0.25) is 0 Å². The van der Waals surface area contributed by atoms with Gasteiger partial charge in [0.1, 0.15) is 5.15 Å². The fourth-order valence-electron chi connectivity index (χ4n) is 0.921. The molecule has 0 saturated carbocycles. The molecule has 0 bridgehead atoms. The van der Waals surface area contributed by atoms with Crippen molar-refractivity contribution in [3.8, 4) is 0 Å². The van der Waals surface area contributed by atoms with Crippen molar-refractivity contribution in [1.29, 1.82) is 0 Å². The molecule has 0 aromatic carbocycles. The van der Waals surface area contributed by atoms with Crippen LogP contribution in [0.15, 0.2) is 18.3 Å². The highest BCUT2D eigenvalue weighted by Gasteiger charge is 2.30. The summed E-state index contributed by atoms with van der Waals surface area (Å²) in [6.45, 7) is 1.17. The largest absolute Gasteiger partial charge is 0.479 e. The second-order valence-corrected chi connectivity index (χ2v) is 3.43. The van der Waals surface area contributed by atoms with Crippen LogP contribution in [-0.4, -0.2) is 26.4 Å². The van der Waals surface area contributed by atoms with Gasteiger partial charge in [-0.2, -0.15) is 0 Å². The van der Waals surface area contributed by atoms with Gasteiger partial charge < -0.3 is 14.8 Å². The van der Waals surface area contributed by atoms with Crippen LogP contribution in [0.2, 0.25) is 5.15 Å². The Morgan fingerprint density at radius 1 is 1.77 bits per heavy atom. The molecule has 4 nitrogen and oxygen atoms in total. The third-order valence-corrected chi connectivity index (χ3v) is 2.06. The van der Waals surface area contributed by atoms with Crippen LogP contribution in [0, 0.1) is 0 Å². The van der Waals surface area contributed by atoms with E-state index >= 15 is 0 Å². The van der Waals surface area contributed by atoms with Crippen molar-refractivity contribution in [2.24, 2.45) is 0 Å². The molecule has 0 aliphatic heterocycles. The molecule has 1 heterocycles. The van der Waals surface area contributed by atoms with Gasteiger partial charge in [0.25, 0.3) is 0 Å². The summed E-state index contributed by atoms with van der Waals surface area (Å²) in [7, 11) is 0. The Kier molecular flexibility index (Phi) is 2.63. The highest BCUT2D eigenvalue weighted by atomic mass is 35.5. The smallest absolute Gasteiger partial charge is 0.337 e. The molecule has 0 radical (unpaired) electrons. The van der Waals surface area contributed by atoms with E-state index < -0.39 is 11.6 Å². The van der Waals surface area contributed by atoms with Crippen molar-refractivity contribution in [3.05, 3.63) is 23.5 Å². The molecule has 1 atom stereocenters. The predicted molar refractivity (Wildman–Crippen MR) is 47.7 cm³/mol. The van der Waals surface area contributed by atoms with Crippen LogP contribution < -0.4 is 0 Å². The lowest BCUT2D eigenvalue weighted by Gasteiger charge is -2.18. The second kappa shape index (κ2) is 3.40. The van der Waals surface area contributed by atoms with E-state index in [-0.39, 0.29) is 6.54 Å². The number of hydrogen-bond acceptors (Lipinski definition) is 2. The number of halogens is 1. The molecule has 2 N–H and O–H groups in total. The molecule has 0 amide bonds. The SMILES string of the molecule is CC(O)(Cn1cccc1Cl)C(=O)O. The Morgan fingerprint density at radius 3 is 2.77 bits per heavy atom. The fraction of sp³-hybridized carbons (Fsp3) is 0.375. The van der Waals surface area contributed by atoms with E-state index in [9.17, 15) is 9.90 Å². The molecular formula is C8H10ClNO3. The summed E-state index contributed by atoms with van der Waals surface area (Å²) < 4.78 is 1.47. The Labute approximate surface area is 80.4 Å². The molecule has 13 heavy (non-hydrogen) atoms. The Balaban J connectivity index is 2.80. The average molecular weight is 204 g/mol. The second-order valence-electron chi connectivity index (χ2n) is 3.04. The number of aliphatic hydroxyl groups is 1. The Morgan fingerprint density at radius 2 is 2.38 bits per heavy atom. The predicted octanol–water partition coefficient (Wildman–Crippen LogP) is 0.977. The van der Waals surface area contributed by atoms with Crippen LogP contribution >= 0.6 is 11.6 Å². The molecule has 1 aromatic heterocycles. The number of nitrogens with zero attached hydrogens (tertiary/aromatic N) is 1. The highest BCUT2D eigenvalue weighted by molar-refractivity contribution is 6.29. The van der Waals surface area contributed by atoms with Gasteiger partial charge in [-0.1, -0.05) is 11.6 Å². The number of aromatic nitrogens is 1. The van der Waals surface area contributed by atoms with Crippen LogP contribution in [0.5, 0.6) is 0 Å². The van der Waals surface area contributed by atoms with E-state index in [4.69, 9.17) is 16.7 Å². The molecule has 5 heteroatoms. The van der Waals surface area contributed by atoms with E-state index in [2.05, 4.69) is 0 Å². The van der Waals surface area contributed by atoms with Crippen LogP contribution in [0.25, 0.3) is 0 Å². The summed E-state index contributed by atoms with van der Waals surface area (Å²) in [5.41, 5.74) is -1.79. The van der Waals surface area contributed by atoms with Crippen molar-refractivity contribution >= 4 is 17.6 Å². The average Bonchev–Trinajstić information content (AvgIpc) is 2.35. The summed E-state index contributed by atoms with van der Waals surface area (Å²) in [4.78, 5) is 10.6. The zero-order valence-corrected chi connectivity index (χ0v) is 7.82. The summed E-state index contributed by atoms with van der Waals surface area (Å²) in [5, 5.41) is 18.4. The maximum absolute atomic E-state index is 10.6. The highest BCUT2D eigenvalue weighted by Crippen LogP contribution is 2.14. The normalized spacial score (nSPS) is 15.3. The molecule has 1 unspecified atom stereocenters. The molecule has 0 fully saturated rings. The van der Waals surface area contributed by atoms with Gasteiger partial charge in [0.15, 0.2) is 5.60 Å². The van der Waals surface area contributed by atoms with Crippen molar-refractivity contribution in [2.45, 2.75) is 19.1 Å². The van der Waals surface area contributed by atoms with Gasteiger partial charge in [-0.25, -0.2) is 4.79 Å². The monoisotopic (exact) mass is 203 g/mol. The molecular weight excluding hydrogens is 194 g/mol. The van der Waals surface area contributed by atoms with Crippen LogP contribution in [0.1, 0.15) is 6.92 Å². The van der Waals surface area contributed by atoms with E-state index in [1.165, 1.54) is 11.5 Å². The summed E-state index contributed by atoms with van der Waals surface area (Å²) >= 11 is 5.71. The van der Waals surface area contributed by atoms with Gasteiger partial charge in [-0.05, 0) is 19.1 Å². The quantitative estimate of drug-likeness (QED) is 0.770. The topological polar surface area (TPSA) is 62.5 Å². The van der Waals surface area contributed by atoms with E-state index in [0.29, 0.717) is 5.15 Å². The molecule has 1 aromatic rings. The first-order valence-corrected chi connectivity index (χ1v) is 4.08. The maximum Gasteiger partial charge on any atom is 0.337 e. The summed E-state index contributed by atoms with van der Waals surface area (Å²) in [5.74, 6) is -1.27. The first kappa shape index (κ1) is 10.1. The van der Waals surface area contributed by atoms with Gasteiger partial charge in [0, 0.05) is 6.20 Å². The lowest BCUT2D eigenvalue weighted by atomic mass is 10.1. The number of hydrogen-bond donors (Lipinski definition) is 2. The maximum atomic E-state index is 10.6. The lowest BCUT2D eigenvalue weighted by molar-refractivity contribution is -0.157. The minimum absolute atomic E-state index is 0.0613. The standard InChI is InChI=1S/C8H10ClNO3/c1-8(13,7(11)12)5-10-4-2-3-6(10)9/h2-4,13H,5H2,1H3,(H,11,12). The molecule has 0 aliphatic carbocycles. The molecule has 72 valence electrons. The van der Waals surface area contributed by atoms with E-state index in [0.717, 1.165) is 0 Å². The van der Waals surface area contributed by atoms with Crippen LogP contribution in [0.4, 0.5) is 0 Å². The summed E-state index contributed by atoms with van der Waals surface area (Å²) in [6.07, 6.45) is 1.61. The number of rotatable bonds is 3. The van der Waals surface area contributed by atoms with Gasteiger partial charge in [-0.15, -0.1) is 0 Å². The Bertz CT molecular complexity index is 319. The van der Waals surface area contributed by atoms with E-state index in [1.54, 1.807) is 18.3 Å². The third kappa shape index (κ3) is 2.23. The molecule has 1 rings (SSSR count). The van der Waals surface area contributed by atoms with E-state index in [1.807, 2.05) is 0 Å². The molecule has 0 saturated heterocycles. The van der Waals surface area contributed by atoms with Crippen molar-refractivity contribution in [3.63, 3.8) is 0 Å². The Hall–Kier alpha value is -1.00. The molecule has 0 spiro atoms. The van der Waals surface area contributed by atoms with Crippen molar-refractivity contribution in [1.82, 2.24) is 4.57 Å². The lowest BCUT2D eigenvalue weighted by Crippen LogP contribution is -2.39.